The van der Waals surface area contributed by atoms with E-state index in [9.17, 15) is 4.79 Å². The van der Waals surface area contributed by atoms with E-state index in [1.165, 1.54) is 0 Å². The van der Waals surface area contributed by atoms with Crippen molar-refractivity contribution in [2.45, 2.75) is 6.42 Å². The average molecular weight is 320 g/mol. The number of hydrogen-bond acceptors (Lipinski definition) is 2. The number of halogens is 2. The maximum absolute atomic E-state index is 12.5. The molecule has 0 aromatic heterocycles. The fourth-order valence-electron chi connectivity index (χ4n) is 2.01. The lowest BCUT2D eigenvalue weighted by Gasteiger charge is -2.09. The van der Waals surface area contributed by atoms with E-state index in [1.807, 2.05) is 30.3 Å². The summed E-state index contributed by atoms with van der Waals surface area (Å²) in [6.45, 7) is 0. The quantitative estimate of drug-likeness (QED) is 0.829. The van der Waals surface area contributed by atoms with Gasteiger partial charge in [-0.05, 0) is 23.3 Å². The van der Waals surface area contributed by atoms with Crippen molar-refractivity contribution in [1.29, 1.82) is 0 Å². The molecule has 0 aliphatic rings. The van der Waals surface area contributed by atoms with E-state index < -0.39 is 0 Å². The monoisotopic (exact) mass is 319 g/mol. The van der Waals surface area contributed by atoms with Crippen molar-refractivity contribution < 1.29 is 4.79 Å². The van der Waals surface area contributed by atoms with Crippen LogP contribution in [0.2, 0.25) is 10.0 Å². The first-order valence-electron chi connectivity index (χ1n) is 6.52. The van der Waals surface area contributed by atoms with Crippen molar-refractivity contribution in [3.63, 3.8) is 0 Å². The summed E-state index contributed by atoms with van der Waals surface area (Å²) in [6.07, 6.45) is 2.03. The molecular weight excluding hydrogens is 305 g/mol. The van der Waals surface area contributed by atoms with Crippen LogP contribution in [0.15, 0.2) is 54.7 Å². The molecule has 108 valence electrons. The van der Waals surface area contributed by atoms with Crippen molar-refractivity contribution in [3.8, 4) is 0 Å². The Morgan fingerprint density at radius 2 is 1.81 bits per heavy atom. The van der Waals surface area contributed by atoms with Crippen molar-refractivity contribution in [2.75, 3.05) is 7.05 Å². The Morgan fingerprint density at radius 3 is 2.43 bits per heavy atom. The highest BCUT2D eigenvalue weighted by atomic mass is 35.5. The van der Waals surface area contributed by atoms with Gasteiger partial charge in [-0.3, -0.25) is 4.79 Å². The van der Waals surface area contributed by atoms with Crippen LogP contribution in [-0.2, 0) is 11.2 Å². The summed E-state index contributed by atoms with van der Waals surface area (Å²) < 4.78 is 0. The Kier molecular flexibility index (Phi) is 5.43. The third-order valence-corrected chi connectivity index (χ3v) is 3.77. The zero-order valence-electron chi connectivity index (χ0n) is 11.6. The van der Waals surface area contributed by atoms with Crippen LogP contribution in [0.4, 0.5) is 0 Å². The molecule has 0 atom stereocenters. The van der Waals surface area contributed by atoms with Crippen LogP contribution < -0.4 is 5.32 Å². The van der Waals surface area contributed by atoms with Gasteiger partial charge in [-0.2, -0.15) is 0 Å². The van der Waals surface area contributed by atoms with Crippen LogP contribution in [0.5, 0.6) is 0 Å². The Bertz CT molecular complexity index is 666. The van der Waals surface area contributed by atoms with Gasteiger partial charge in [0.2, 0.25) is 0 Å². The van der Waals surface area contributed by atoms with E-state index in [1.54, 1.807) is 31.4 Å². The first-order chi connectivity index (χ1) is 10.1. The summed E-state index contributed by atoms with van der Waals surface area (Å²) in [5.41, 5.74) is 2.31. The summed E-state index contributed by atoms with van der Waals surface area (Å²) in [7, 11) is 1.76. The molecule has 0 fully saturated rings. The molecule has 1 N–H and O–H groups in total. The van der Waals surface area contributed by atoms with Gasteiger partial charge in [0.05, 0.1) is 10.0 Å². The minimum Gasteiger partial charge on any atom is -0.393 e. The molecular formula is C17H15Cl2NO. The molecule has 0 bridgehead atoms. The number of ketones is 1. The van der Waals surface area contributed by atoms with Crippen molar-refractivity contribution in [1.82, 2.24) is 5.32 Å². The summed E-state index contributed by atoms with van der Waals surface area (Å²) in [6, 6.07) is 14.8. The Balaban J connectivity index is 2.28. The van der Waals surface area contributed by atoms with Gasteiger partial charge in [0.15, 0.2) is 5.78 Å². The van der Waals surface area contributed by atoms with Gasteiger partial charge in [-0.25, -0.2) is 0 Å². The molecule has 0 heterocycles. The zero-order valence-corrected chi connectivity index (χ0v) is 13.1. The predicted molar refractivity (Wildman–Crippen MR) is 88.7 cm³/mol. The highest BCUT2D eigenvalue weighted by molar-refractivity contribution is 6.42. The topological polar surface area (TPSA) is 29.1 Å². The summed E-state index contributed by atoms with van der Waals surface area (Å²) in [5, 5.41) is 3.81. The molecule has 0 spiro atoms. The number of carbonyl (C=O) groups is 1. The number of carbonyl (C=O) groups excluding carboxylic acids is 1. The Hall–Kier alpha value is -1.77. The van der Waals surface area contributed by atoms with Gasteiger partial charge in [-0.1, -0.05) is 59.6 Å². The SMILES string of the molecule is CNC=C(C(=O)Cc1ccccc1)c1ccc(Cl)c(Cl)c1. The minimum absolute atomic E-state index is 0.0222. The van der Waals surface area contributed by atoms with Crippen molar-refractivity contribution in [2.24, 2.45) is 0 Å². The predicted octanol–water partition coefficient (Wildman–Crippen LogP) is 4.37. The van der Waals surface area contributed by atoms with Crippen LogP contribution in [-0.4, -0.2) is 12.8 Å². The van der Waals surface area contributed by atoms with Gasteiger partial charge in [0, 0.05) is 25.2 Å². The fraction of sp³-hybridized carbons (Fsp3) is 0.118. The maximum atomic E-state index is 12.5. The molecule has 4 heteroatoms. The summed E-state index contributed by atoms with van der Waals surface area (Å²) in [4.78, 5) is 12.5. The molecule has 0 saturated carbocycles. The molecule has 2 rings (SSSR count). The molecule has 2 nitrogen and oxygen atoms in total. The smallest absolute Gasteiger partial charge is 0.169 e. The standard InChI is InChI=1S/C17H15Cl2NO/c1-20-11-14(13-7-8-15(18)16(19)10-13)17(21)9-12-5-3-2-4-6-12/h2-8,10-11,20H,9H2,1H3. The second-order valence-electron chi connectivity index (χ2n) is 4.56. The number of nitrogens with one attached hydrogen (secondary N) is 1. The van der Waals surface area contributed by atoms with Gasteiger partial charge >= 0.3 is 0 Å². The lowest BCUT2D eigenvalue weighted by Crippen LogP contribution is -2.09. The highest BCUT2D eigenvalue weighted by Crippen LogP contribution is 2.27. The lowest BCUT2D eigenvalue weighted by atomic mass is 9.98. The van der Waals surface area contributed by atoms with E-state index in [4.69, 9.17) is 23.2 Å². The van der Waals surface area contributed by atoms with Gasteiger partial charge in [0.1, 0.15) is 0 Å². The largest absolute Gasteiger partial charge is 0.393 e. The normalized spacial score (nSPS) is 11.3. The highest BCUT2D eigenvalue weighted by Gasteiger charge is 2.14. The Labute approximate surface area is 134 Å². The van der Waals surface area contributed by atoms with E-state index in [2.05, 4.69) is 5.32 Å². The fourth-order valence-corrected chi connectivity index (χ4v) is 2.31. The van der Waals surface area contributed by atoms with Crippen LogP contribution in [0.1, 0.15) is 11.1 Å². The number of benzene rings is 2. The third-order valence-electron chi connectivity index (χ3n) is 3.03. The maximum Gasteiger partial charge on any atom is 0.169 e. The molecule has 21 heavy (non-hydrogen) atoms. The van der Waals surface area contributed by atoms with Gasteiger partial charge < -0.3 is 5.32 Å². The number of allylic oxidation sites excluding steroid dienone is 1. The molecule has 0 aliphatic heterocycles. The first-order valence-corrected chi connectivity index (χ1v) is 7.27. The second-order valence-corrected chi connectivity index (χ2v) is 5.38. The minimum atomic E-state index is 0.0222. The number of hydrogen-bond donors (Lipinski definition) is 1. The Morgan fingerprint density at radius 1 is 1.10 bits per heavy atom. The van der Waals surface area contributed by atoms with E-state index in [0.29, 0.717) is 22.0 Å². The molecule has 0 radical (unpaired) electrons. The molecule has 2 aromatic carbocycles. The average Bonchev–Trinajstić information content (AvgIpc) is 2.49. The lowest BCUT2D eigenvalue weighted by molar-refractivity contribution is -0.113. The number of Topliss-reactive ketones (excluding diaryl/α,β-unsaturated/α-hetero) is 1. The zero-order chi connectivity index (χ0) is 15.2. The van der Waals surface area contributed by atoms with Crippen molar-refractivity contribution >= 4 is 34.6 Å². The van der Waals surface area contributed by atoms with Crippen LogP contribution in [0.25, 0.3) is 5.57 Å². The van der Waals surface area contributed by atoms with E-state index in [-0.39, 0.29) is 5.78 Å². The number of rotatable bonds is 5. The second kappa shape index (κ2) is 7.30. The molecule has 0 saturated heterocycles. The van der Waals surface area contributed by atoms with E-state index >= 15 is 0 Å². The van der Waals surface area contributed by atoms with Gasteiger partial charge in [0.25, 0.3) is 0 Å². The molecule has 0 unspecified atom stereocenters. The van der Waals surface area contributed by atoms with Crippen molar-refractivity contribution in [3.05, 3.63) is 75.9 Å². The summed E-state index contributed by atoms with van der Waals surface area (Å²) >= 11 is 12.0. The van der Waals surface area contributed by atoms with Crippen LogP contribution >= 0.6 is 23.2 Å². The van der Waals surface area contributed by atoms with Gasteiger partial charge in [-0.15, -0.1) is 0 Å². The first kappa shape index (κ1) is 15.6. The molecule has 0 amide bonds. The van der Waals surface area contributed by atoms with E-state index in [0.717, 1.165) is 11.1 Å². The third kappa shape index (κ3) is 4.10. The summed E-state index contributed by atoms with van der Waals surface area (Å²) in [5.74, 6) is 0.0222. The molecule has 0 aliphatic carbocycles. The van der Waals surface area contributed by atoms with Crippen LogP contribution in [0, 0.1) is 0 Å². The van der Waals surface area contributed by atoms with Crippen LogP contribution in [0.3, 0.4) is 0 Å². The molecule has 2 aromatic rings.